The molecule has 18 heavy (non-hydrogen) atoms. The second-order valence-corrected chi connectivity index (χ2v) is 3.70. The summed E-state index contributed by atoms with van der Waals surface area (Å²) < 4.78 is 47.1. The van der Waals surface area contributed by atoms with E-state index in [9.17, 15) is 23.3 Å². The highest BCUT2D eigenvalue weighted by atomic mass is 19.4. The SMILES string of the molecule is O=[N+]([O-])c1cc(C(F)(F)F)ccc1OC[C@@H]1CO1. The van der Waals surface area contributed by atoms with Crippen molar-refractivity contribution in [3.05, 3.63) is 33.9 Å². The average Bonchev–Trinajstić information content (AvgIpc) is 3.08. The summed E-state index contributed by atoms with van der Waals surface area (Å²) in [5, 5.41) is 10.7. The zero-order chi connectivity index (χ0) is 13.3. The lowest BCUT2D eigenvalue weighted by Crippen LogP contribution is -2.09. The molecule has 0 spiro atoms. The van der Waals surface area contributed by atoms with Gasteiger partial charge >= 0.3 is 11.9 Å². The van der Waals surface area contributed by atoms with Gasteiger partial charge in [0, 0.05) is 6.07 Å². The third-order valence-corrected chi connectivity index (χ3v) is 2.31. The van der Waals surface area contributed by atoms with Crippen LogP contribution in [0.4, 0.5) is 18.9 Å². The number of hydrogen-bond donors (Lipinski definition) is 0. The summed E-state index contributed by atoms with van der Waals surface area (Å²) in [7, 11) is 0. The molecule has 2 rings (SSSR count). The van der Waals surface area contributed by atoms with Gasteiger partial charge in [-0.2, -0.15) is 13.2 Å². The van der Waals surface area contributed by atoms with E-state index in [0.717, 1.165) is 12.1 Å². The van der Waals surface area contributed by atoms with Crippen molar-refractivity contribution in [3.8, 4) is 5.75 Å². The van der Waals surface area contributed by atoms with Crippen LogP contribution >= 0.6 is 0 Å². The molecule has 0 unspecified atom stereocenters. The normalized spacial score (nSPS) is 18.5. The van der Waals surface area contributed by atoms with E-state index in [1.165, 1.54) is 0 Å². The zero-order valence-corrected chi connectivity index (χ0v) is 8.94. The molecule has 0 bridgehead atoms. The van der Waals surface area contributed by atoms with Crippen molar-refractivity contribution in [1.29, 1.82) is 0 Å². The molecule has 1 aliphatic heterocycles. The molecule has 0 radical (unpaired) electrons. The third kappa shape index (κ3) is 2.89. The lowest BCUT2D eigenvalue weighted by molar-refractivity contribution is -0.386. The molecule has 1 heterocycles. The van der Waals surface area contributed by atoms with Crippen LogP contribution in [0.1, 0.15) is 5.56 Å². The van der Waals surface area contributed by atoms with Crippen LogP contribution in [-0.2, 0) is 10.9 Å². The van der Waals surface area contributed by atoms with Crippen LogP contribution < -0.4 is 4.74 Å². The maximum absolute atomic E-state index is 12.4. The minimum Gasteiger partial charge on any atom is -0.484 e. The number of nitro groups is 1. The molecule has 98 valence electrons. The Kier molecular flexibility index (Phi) is 3.12. The smallest absolute Gasteiger partial charge is 0.416 e. The molecular formula is C10H8F3NO4. The topological polar surface area (TPSA) is 64.9 Å². The van der Waals surface area contributed by atoms with Gasteiger partial charge in [0.25, 0.3) is 0 Å². The van der Waals surface area contributed by atoms with Gasteiger partial charge in [0.1, 0.15) is 12.7 Å². The highest BCUT2D eigenvalue weighted by molar-refractivity contribution is 5.49. The van der Waals surface area contributed by atoms with Crippen molar-refractivity contribution in [2.45, 2.75) is 12.3 Å². The van der Waals surface area contributed by atoms with Gasteiger partial charge in [0.05, 0.1) is 17.1 Å². The Morgan fingerprint density at radius 2 is 2.17 bits per heavy atom. The first-order valence-electron chi connectivity index (χ1n) is 4.98. The largest absolute Gasteiger partial charge is 0.484 e. The van der Waals surface area contributed by atoms with Crippen LogP contribution in [0.5, 0.6) is 5.75 Å². The van der Waals surface area contributed by atoms with Crippen LogP contribution in [-0.4, -0.2) is 24.2 Å². The molecule has 5 nitrogen and oxygen atoms in total. The molecule has 1 saturated heterocycles. The van der Waals surface area contributed by atoms with Crippen LogP contribution in [0, 0.1) is 10.1 Å². The van der Waals surface area contributed by atoms with Gasteiger partial charge in [0.2, 0.25) is 0 Å². The first kappa shape index (κ1) is 12.6. The lowest BCUT2D eigenvalue weighted by atomic mass is 10.2. The van der Waals surface area contributed by atoms with E-state index in [4.69, 9.17) is 9.47 Å². The Bertz CT molecular complexity index is 471. The van der Waals surface area contributed by atoms with E-state index in [2.05, 4.69) is 0 Å². The van der Waals surface area contributed by atoms with Crippen molar-refractivity contribution in [1.82, 2.24) is 0 Å². The number of alkyl halides is 3. The fourth-order valence-corrected chi connectivity index (χ4v) is 1.31. The molecule has 1 atom stereocenters. The van der Waals surface area contributed by atoms with Crippen LogP contribution in [0.25, 0.3) is 0 Å². The Balaban J connectivity index is 2.25. The van der Waals surface area contributed by atoms with Gasteiger partial charge in [-0.05, 0) is 12.1 Å². The van der Waals surface area contributed by atoms with E-state index in [0.29, 0.717) is 12.7 Å². The Labute approximate surface area is 99.3 Å². The van der Waals surface area contributed by atoms with Crippen molar-refractivity contribution < 1.29 is 27.6 Å². The lowest BCUT2D eigenvalue weighted by Gasteiger charge is -2.09. The maximum Gasteiger partial charge on any atom is 0.416 e. The summed E-state index contributed by atoms with van der Waals surface area (Å²) in [6, 6.07) is 2.16. The molecule has 1 aromatic carbocycles. The number of epoxide rings is 1. The molecule has 0 N–H and O–H groups in total. The summed E-state index contributed by atoms with van der Waals surface area (Å²) in [5.41, 5.74) is -1.78. The summed E-state index contributed by atoms with van der Waals surface area (Å²) in [4.78, 5) is 9.78. The van der Waals surface area contributed by atoms with Crippen molar-refractivity contribution in [2.24, 2.45) is 0 Å². The van der Waals surface area contributed by atoms with E-state index < -0.39 is 22.4 Å². The van der Waals surface area contributed by atoms with Gasteiger partial charge in [-0.1, -0.05) is 0 Å². The van der Waals surface area contributed by atoms with Crippen molar-refractivity contribution >= 4 is 5.69 Å². The number of nitrogens with zero attached hydrogens (tertiary/aromatic N) is 1. The number of rotatable bonds is 4. The molecule has 1 aliphatic rings. The number of ether oxygens (including phenoxy) is 2. The van der Waals surface area contributed by atoms with Crippen LogP contribution in [0.3, 0.4) is 0 Å². The Morgan fingerprint density at radius 3 is 2.67 bits per heavy atom. The molecule has 1 aromatic rings. The van der Waals surface area contributed by atoms with Crippen molar-refractivity contribution in [3.63, 3.8) is 0 Å². The fraction of sp³-hybridized carbons (Fsp3) is 0.400. The predicted molar refractivity (Wildman–Crippen MR) is 53.3 cm³/mol. The maximum atomic E-state index is 12.4. The minimum atomic E-state index is -4.62. The second kappa shape index (κ2) is 4.45. The number of benzene rings is 1. The Hall–Kier alpha value is -1.83. The van der Waals surface area contributed by atoms with Crippen molar-refractivity contribution in [2.75, 3.05) is 13.2 Å². The number of halogens is 3. The highest BCUT2D eigenvalue weighted by Gasteiger charge is 2.33. The van der Waals surface area contributed by atoms with Gasteiger partial charge < -0.3 is 9.47 Å². The van der Waals surface area contributed by atoms with Gasteiger partial charge in [-0.15, -0.1) is 0 Å². The molecule has 0 saturated carbocycles. The van der Waals surface area contributed by atoms with E-state index in [-0.39, 0.29) is 18.5 Å². The van der Waals surface area contributed by atoms with Gasteiger partial charge in [-0.25, -0.2) is 0 Å². The third-order valence-electron chi connectivity index (χ3n) is 2.31. The van der Waals surface area contributed by atoms with E-state index >= 15 is 0 Å². The average molecular weight is 263 g/mol. The summed E-state index contributed by atoms with van der Waals surface area (Å²) in [6.45, 7) is 0.584. The standard InChI is InChI=1S/C10H8F3NO4/c11-10(12,13)6-1-2-9(8(3-6)14(15)16)18-5-7-4-17-7/h1-3,7H,4-5H2/t7-/m0/s1. The van der Waals surface area contributed by atoms with Crippen LogP contribution in [0.15, 0.2) is 18.2 Å². The zero-order valence-electron chi connectivity index (χ0n) is 8.94. The summed E-state index contributed by atoms with van der Waals surface area (Å²) in [6.07, 6.45) is -4.75. The molecule has 0 aliphatic carbocycles. The first-order chi connectivity index (χ1) is 8.38. The summed E-state index contributed by atoms with van der Waals surface area (Å²) >= 11 is 0. The van der Waals surface area contributed by atoms with Crippen LogP contribution in [0.2, 0.25) is 0 Å². The fourth-order valence-electron chi connectivity index (χ4n) is 1.31. The monoisotopic (exact) mass is 263 g/mol. The number of nitro benzene ring substituents is 1. The minimum absolute atomic E-state index is 0.0895. The van der Waals surface area contributed by atoms with E-state index in [1.807, 2.05) is 0 Å². The second-order valence-electron chi connectivity index (χ2n) is 3.70. The van der Waals surface area contributed by atoms with E-state index in [1.54, 1.807) is 0 Å². The Morgan fingerprint density at radius 1 is 1.50 bits per heavy atom. The molecular weight excluding hydrogens is 255 g/mol. The number of hydrogen-bond acceptors (Lipinski definition) is 4. The molecule has 8 heteroatoms. The quantitative estimate of drug-likeness (QED) is 0.475. The molecule has 0 amide bonds. The molecule has 0 aromatic heterocycles. The summed E-state index contributed by atoms with van der Waals surface area (Å²) in [5.74, 6) is -0.191. The van der Waals surface area contributed by atoms with Gasteiger partial charge in [0.15, 0.2) is 5.75 Å². The first-order valence-corrected chi connectivity index (χ1v) is 4.98. The molecule has 1 fully saturated rings. The predicted octanol–water partition coefficient (Wildman–Crippen LogP) is 2.39. The highest BCUT2D eigenvalue weighted by Crippen LogP contribution is 2.36. The van der Waals surface area contributed by atoms with Gasteiger partial charge in [-0.3, -0.25) is 10.1 Å².